The molecule has 1 spiro atoms. The number of piperidine rings is 1. The summed E-state index contributed by atoms with van der Waals surface area (Å²) < 4.78 is 18.9. The molecule has 5 rings (SSSR count). The molecule has 0 aliphatic carbocycles. The Hall–Kier alpha value is -3.59. The number of aromatic nitrogens is 1. The molecule has 1 aromatic heterocycles. The van der Waals surface area contributed by atoms with Crippen LogP contribution in [0, 0.1) is 5.82 Å². The molecule has 1 fully saturated rings. The van der Waals surface area contributed by atoms with Gasteiger partial charge < -0.3 is 29.9 Å². The van der Waals surface area contributed by atoms with Crippen LogP contribution in [-0.2, 0) is 10.2 Å². The number of methoxy groups -OCH3 is 1. The molecule has 2 aliphatic rings. The zero-order chi connectivity index (χ0) is 24.7. The number of carbonyl (C=O) groups is 2. The molecule has 2 aliphatic heterocycles. The number of hydrogen-bond acceptors (Lipinski definition) is 4. The van der Waals surface area contributed by atoms with Crippen molar-refractivity contribution < 1.29 is 23.8 Å². The van der Waals surface area contributed by atoms with E-state index >= 15 is 0 Å². The highest BCUT2D eigenvalue weighted by molar-refractivity contribution is 5.90. The number of amides is 3. The van der Waals surface area contributed by atoms with Crippen LogP contribution in [-0.4, -0.2) is 65.2 Å². The van der Waals surface area contributed by atoms with Gasteiger partial charge in [-0.15, -0.1) is 0 Å². The molecule has 0 saturated carbocycles. The highest BCUT2D eigenvalue weighted by Gasteiger charge is 2.48. The summed E-state index contributed by atoms with van der Waals surface area (Å²) in [5, 5.41) is 14.0. The molecular weight excluding hydrogens is 451 g/mol. The summed E-state index contributed by atoms with van der Waals surface area (Å²) in [7, 11) is 1.62. The number of nitrogens with one attached hydrogen (secondary N) is 2. The maximum atomic E-state index is 13.5. The molecule has 2 aromatic carbocycles. The molecule has 0 bridgehead atoms. The van der Waals surface area contributed by atoms with Crippen LogP contribution in [0.25, 0.3) is 10.9 Å². The number of urea groups is 1. The normalized spacial score (nSPS) is 19.0. The smallest absolute Gasteiger partial charge is 0.321 e. The lowest BCUT2D eigenvalue weighted by Gasteiger charge is -2.50. The number of likely N-dealkylation sites (tertiary alicyclic amines) is 1. The van der Waals surface area contributed by atoms with Crippen molar-refractivity contribution in [2.75, 3.05) is 38.7 Å². The number of halogens is 1. The van der Waals surface area contributed by atoms with Gasteiger partial charge >= 0.3 is 6.03 Å². The van der Waals surface area contributed by atoms with E-state index in [4.69, 9.17) is 4.74 Å². The SMILES string of the molecule is COc1ccc2c3c([nH]c2c1)[C@H](CO)N(C(C)=O)CC31CCN(C(=O)Nc2cccc(F)c2)CC1. The van der Waals surface area contributed by atoms with Gasteiger partial charge in [-0.3, -0.25) is 4.79 Å². The molecule has 0 radical (unpaired) electrons. The number of aromatic amines is 1. The van der Waals surface area contributed by atoms with E-state index in [1.807, 2.05) is 18.2 Å². The van der Waals surface area contributed by atoms with Crippen LogP contribution < -0.4 is 10.1 Å². The molecule has 184 valence electrons. The van der Waals surface area contributed by atoms with Gasteiger partial charge in [0.2, 0.25) is 5.91 Å². The number of aliphatic hydroxyl groups is 1. The molecule has 9 heteroatoms. The number of nitrogens with zero attached hydrogens (tertiary/aromatic N) is 2. The van der Waals surface area contributed by atoms with Gasteiger partial charge in [0, 0.05) is 60.3 Å². The third kappa shape index (κ3) is 3.99. The minimum atomic E-state index is -0.458. The largest absolute Gasteiger partial charge is 0.497 e. The van der Waals surface area contributed by atoms with Gasteiger partial charge in [0.15, 0.2) is 0 Å². The minimum absolute atomic E-state index is 0.100. The second kappa shape index (κ2) is 8.88. The van der Waals surface area contributed by atoms with Gasteiger partial charge in [-0.2, -0.15) is 0 Å². The number of hydrogen-bond donors (Lipinski definition) is 3. The van der Waals surface area contributed by atoms with Crippen LogP contribution in [0.2, 0.25) is 0 Å². The topological polar surface area (TPSA) is 97.9 Å². The number of fused-ring (bicyclic) bond motifs is 4. The summed E-state index contributed by atoms with van der Waals surface area (Å²) in [6.45, 7) is 2.78. The van der Waals surface area contributed by atoms with Crippen molar-refractivity contribution in [3.8, 4) is 5.75 Å². The lowest BCUT2D eigenvalue weighted by atomic mass is 9.68. The molecule has 3 N–H and O–H groups in total. The fourth-order valence-corrected chi connectivity index (χ4v) is 5.65. The van der Waals surface area contributed by atoms with Crippen LogP contribution in [0.4, 0.5) is 14.9 Å². The summed E-state index contributed by atoms with van der Waals surface area (Å²) in [5.41, 5.74) is 2.89. The Morgan fingerprint density at radius 2 is 2.00 bits per heavy atom. The van der Waals surface area contributed by atoms with Crippen molar-refractivity contribution in [1.82, 2.24) is 14.8 Å². The number of rotatable bonds is 3. The fraction of sp³-hybridized carbons (Fsp3) is 0.385. The lowest BCUT2D eigenvalue weighted by Crippen LogP contribution is -2.55. The van der Waals surface area contributed by atoms with Crippen molar-refractivity contribution in [3.63, 3.8) is 0 Å². The Bertz CT molecular complexity index is 1280. The van der Waals surface area contributed by atoms with Crippen LogP contribution in [0.1, 0.15) is 37.1 Å². The van der Waals surface area contributed by atoms with E-state index < -0.39 is 11.9 Å². The maximum absolute atomic E-state index is 13.5. The van der Waals surface area contributed by atoms with Gasteiger partial charge in [-0.05, 0) is 48.7 Å². The first-order valence-corrected chi connectivity index (χ1v) is 11.7. The van der Waals surface area contributed by atoms with Crippen molar-refractivity contribution in [2.24, 2.45) is 0 Å². The van der Waals surface area contributed by atoms with Crippen molar-refractivity contribution >= 4 is 28.5 Å². The Morgan fingerprint density at radius 3 is 2.66 bits per heavy atom. The average Bonchev–Trinajstić information content (AvgIpc) is 3.24. The van der Waals surface area contributed by atoms with Crippen molar-refractivity contribution in [2.45, 2.75) is 31.2 Å². The number of anilines is 1. The maximum Gasteiger partial charge on any atom is 0.321 e. The van der Waals surface area contributed by atoms with Gasteiger partial charge in [-0.1, -0.05) is 6.07 Å². The molecule has 1 atom stereocenters. The highest BCUT2D eigenvalue weighted by Crippen LogP contribution is 2.49. The number of H-pyrrole nitrogens is 1. The number of benzene rings is 2. The third-order valence-corrected chi connectivity index (χ3v) is 7.41. The second-order valence-electron chi connectivity index (χ2n) is 9.38. The number of carbonyl (C=O) groups excluding carboxylic acids is 2. The molecule has 3 heterocycles. The van der Waals surface area contributed by atoms with Gasteiger partial charge in [0.05, 0.1) is 19.8 Å². The first kappa shape index (κ1) is 23.2. The lowest BCUT2D eigenvalue weighted by molar-refractivity contribution is -0.134. The van der Waals surface area contributed by atoms with E-state index in [0.29, 0.717) is 38.2 Å². The van der Waals surface area contributed by atoms with Crippen LogP contribution in [0.15, 0.2) is 42.5 Å². The van der Waals surface area contributed by atoms with Crippen molar-refractivity contribution in [1.29, 1.82) is 0 Å². The highest BCUT2D eigenvalue weighted by atomic mass is 19.1. The van der Waals surface area contributed by atoms with Crippen LogP contribution in [0.3, 0.4) is 0 Å². The summed E-state index contributed by atoms with van der Waals surface area (Å²) in [6, 6.07) is 11.0. The predicted octanol–water partition coefficient (Wildman–Crippen LogP) is 3.78. The van der Waals surface area contributed by atoms with E-state index in [1.54, 1.807) is 29.0 Å². The van der Waals surface area contributed by atoms with Crippen molar-refractivity contribution in [3.05, 3.63) is 59.5 Å². The van der Waals surface area contributed by atoms with E-state index in [2.05, 4.69) is 10.3 Å². The third-order valence-electron chi connectivity index (χ3n) is 7.41. The predicted molar refractivity (Wildman–Crippen MR) is 130 cm³/mol. The van der Waals surface area contributed by atoms with Crippen LogP contribution in [0.5, 0.6) is 5.75 Å². The fourth-order valence-electron chi connectivity index (χ4n) is 5.65. The Balaban J connectivity index is 1.47. The molecule has 3 amide bonds. The Labute approximate surface area is 202 Å². The molecule has 35 heavy (non-hydrogen) atoms. The number of ether oxygens (including phenoxy) is 1. The van der Waals surface area contributed by atoms with Crippen LogP contribution >= 0.6 is 0 Å². The molecule has 0 unspecified atom stereocenters. The quantitative estimate of drug-likeness (QED) is 0.532. The average molecular weight is 481 g/mol. The summed E-state index contributed by atoms with van der Waals surface area (Å²) in [4.78, 5) is 32.4. The zero-order valence-electron chi connectivity index (χ0n) is 19.8. The Kier molecular flexibility index (Phi) is 5.88. The second-order valence-corrected chi connectivity index (χ2v) is 9.38. The summed E-state index contributed by atoms with van der Waals surface area (Å²) >= 11 is 0. The zero-order valence-corrected chi connectivity index (χ0v) is 19.8. The monoisotopic (exact) mass is 480 g/mol. The molecule has 3 aromatic rings. The van der Waals surface area contributed by atoms with E-state index in [-0.39, 0.29) is 24.0 Å². The van der Waals surface area contributed by atoms with Gasteiger partial charge in [-0.25, -0.2) is 9.18 Å². The standard InChI is InChI=1S/C26H29FN4O4/c1-16(33)31-15-26(8-10-30(11-9-26)25(34)28-18-5-3-4-17(27)12-18)23-20-7-6-19(35-2)13-21(20)29-24(23)22(31)14-32/h3-7,12-13,22,29,32H,8-11,14-15H2,1-2H3,(H,28,34)/t22-/m0/s1. The summed E-state index contributed by atoms with van der Waals surface area (Å²) in [6.07, 6.45) is 1.30. The first-order valence-electron chi connectivity index (χ1n) is 11.7. The molecular formula is C26H29FN4O4. The van der Waals surface area contributed by atoms with E-state index in [0.717, 1.165) is 27.9 Å². The Morgan fingerprint density at radius 1 is 1.23 bits per heavy atom. The van der Waals surface area contributed by atoms with E-state index in [9.17, 15) is 19.1 Å². The molecule has 8 nitrogen and oxygen atoms in total. The number of aliphatic hydroxyl groups excluding tert-OH is 1. The van der Waals surface area contributed by atoms with Gasteiger partial charge in [0.25, 0.3) is 0 Å². The van der Waals surface area contributed by atoms with Gasteiger partial charge in [0.1, 0.15) is 11.6 Å². The van der Waals surface area contributed by atoms with E-state index in [1.165, 1.54) is 19.1 Å². The minimum Gasteiger partial charge on any atom is -0.497 e. The summed E-state index contributed by atoms with van der Waals surface area (Å²) in [5.74, 6) is 0.211. The first-order chi connectivity index (χ1) is 16.8. The molecule has 1 saturated heterocycles.